The van der Waals surface area contributed by atoms with Crippen molar-refractivity contribution in [2.75, 3.05) is 70.2 Å². The van der Waals surface area contributed by atoms with E-state index in [0.29, 0.717) is 25.0 Å². The van der Waals surface area contributed by atoms with E-state index in [4.69, 9.17) is 4.74 Å². The van der Waals surface area contributed by atoms with Crippen molar-refractivity contribution in [2.45, 2.75) is 19.3 Å². The summed E-state index contributed by atoms with van der Waals surface area (Å²) in [5, 5.41) is 3.26. The van der Waals surface area contributed by atoms with Crippen molar-refractivity contribution in [1.82, 2.24) is 14.5 Å². The van der Waals surface area contributed by atoms with Crippen LogP contribution in [0.25, 0.3) is 0 Å². The summed E-state index contributed by atoms with van der Waals surface area (Å²) >= 11 is 1.82. The molecule has 0 bridgehead atoms. The molecular weight excluding hydrogens is 487 g/mol. The summed E-state index contributed by atoms with van der Waals surface area (Å²) in [6.07, 6.45) is 3.39. The van der Waals surface area contributed by atoms with Gasteiger partial charge in [0.15, 0.2) is 5.96 Å². The van der Waals surface area contributed by atoms with Gasteiger partial charge in [0.1, 0.15) is 0 Å². The van der Waals surface area contributed by atoms with Gasteiger partial charge in [-0.25, -0.2) is 12.7 Å². The van der Waals surface area contributed by atoms with Crippen molar-refractivity contribution in [3.05, 3.63) is 0 Å². The first-order chi connectivity index (χ1) is 12.0. The van der Waals surface area contributed by atoms with Gasteiger partial charge in [-0.3, -0.25) is 4.99 Å². The van der Waals surface area contributed by atoms with Crippen LogP contribution in [0.3, 0.4) is 0 Å². The number of hydrogen-bond acceptors (Lipinski definition) is 5. The van der Waals surface area contributed by atoms with Crippen LogP contribution in [0.15, 0.2) is 4.99 Å². The number of halogens is 1. The zero-order valence-electron chi connectivity index (χ0n) is 15.5. The quantitative estimate of drug-likeness (QED) is 0.341. The van der Waals surface area contributed by atoms with Gasteiger partial charge < -0.3 is 15.0 Å². The molecule has 3 saturated heterocycles. The smallest absolute Gasteiger partial charge is 0.215 e. The van der Waals surface area contributed by atoms with Gasteiger partial charge in [-0.05, 0) is 24.7 Å². The van der Waals surface area contributed by atoms with E-state index in [-0.39, 0.29) is 29.7 Å². The molecule has 3 fully saturated rings. The Morgan fingerprint density at radius 2 is 1.88 bits per heavy atom. The summed E-state index contributed by atoms with van der Waals surface area (Å²) in [4.78, 5) is 6.64. The highest BCUT2D eigenvalue weighted by atomic mass is 127. The largest absolute Gasteiger partial charge is 0.381 e. The SMILES string of the molecule is CN=C(NCCS(=O)(=O)N1CCSCC1)N1CCC2(CCOCC2)C1.I. The molecule has 26 heavy (non-hydrogen) atoms. The van der Waals surface area contributed by atoms with E-state index in [2.05, 4.69) is 15.2 Å². The second kappa shape index (κ2) is 10.1. The normalized spacial score (nSPS) is 24.5. The number of aliphatic imine (C=N–C) groups is 1. The molecular formula is C16H31IN4O3S2. The summed E-state index contributed by atoms with van der Waals surface area (Å²) in [7, 11) is -1.40. The van der Waals surface area contributed by atoms with Crippen LogP contribution >= 0.6 is 35.7 Å². The molecule has 0 atom stereocenters. The van der Waals surface area contributed by atoms with Gasteiger partial charge in [-0.1, -0.05) is 0 Å². The Kier molecular flexibility index (Phi) is 8.77. The third-order valence-corrected chi connectivity index (χ3v) is 8.32. The predicted octanol–water partition coefficient (Wildman–Crippen LogP) is 1.06. The lowest BCUT2D eigenvalue weighted by Gasteiger charge is -2.33. The average Bonchev–Trinajstić information content (AvgIpc) is 3.03. The Hall–Kier alpha value is 0.220. The van der Waals surface area contributed by atoms with E-state index >= 15 is 0 Å². The van der Waals surface area contributed by atoms with Crippen LogP contribution in [-0.4, -0.2) is 93.8 Å². The number of likely N-dealkylation sites (tertiary alicyclic amines) is 1. The lowest BCUT2D eigenvalue weighted by atomic mass is 9.80. The summed E-state index contributed by atoms with van der Waals surface area (Å²) in [5.74, 6) is 2.75. The molecule has 0 unspecified atom stereocenters. The fourth-order valence-corrected chi connectivity index (χ4v) is 6.40. The molecule has 3 aliphatic heterocycles. The first-order valence-electron chi connectivity index (χ1n) is 9.14. The van der Waals surface area contributed by atoms with Gasteiger partial charge >= 0.3 is 0 Å². The zero-order chi connectivity index (χ0) is 17.8. The molecule has 3 heterocycles. The van der Waals surface area contributed by atoms with Gasteiger partial charge in [-0.15, -0.1) is 24.0 Å². The van der Waals surface area contributed by atoms with Crippen molar-refractivity contribution in [3.63, 3.8) is 0 Å². The summed E-state index contributed by atoms with van der Waals surface area (Å²) in [5.41, 5.74) is 0.355. The molecule has 0 aliphatic carbocycles. The van der Waals surface area contributed by atoms with E-state index in [1.165, 1.54) is 6.42 Å². The Morgan fingerprint density at radius 1 is 1.19 bits per heavy atom. The third kappa shape index (κ3) is 5.62. The van der Waals surface area contributed by atoms with Crippen LogP contribution in [0.4, 0.5) is 0 Å². The fraction of sp³-hybridized carbons (Fsp3) is 0.938. The summed E-state index contributed by atoms with van der Waals surface area (Å²) in [6, 6.07) is 0. The number of ether oxygens (including phenoxy) is 1. The van der Waals surface area contributed by atoms with E-state index in [1.807, 2.05) is 11.8 Å². The molecule has 0 aromatic rings. The molecule has 152 valence electrons. The molecule has 7 nitrogen and oxygen atoms in total. The highest BCUT2D eigenvalue weighted by Gasteiger charge is 2.40. The number of nitrogens with one attached hydrogen (secondary N) is 1. The molecule has 0 radical (unpaired) electrons. The lowest BCUT2D eigenvalue weighted by Crippen LogP contribution is -2.45. The average molecular weight is 518 g/mol. The maximum absolute atomic E-state index is 12.4. The number of nitrogens with zero attached hydrogens (tertiary/aromatic N) is 3. The van der Waals surface area contributed by atoms with Crippen LogP contribution in [-0.2, 0) is 14.8 Å². The van der Waals surface area contributed by atoms with Gasteiger partial charge in [-0.2, -0.15) is 11.8 Å². The van der Waals surface area contributed by atoms with Gasteiger partial charge in [0.25, 0.3) is 0 Å². The fourth-order valence-electron chi connectivity index (χ4n) is 3.91. The highest BCUT2D eigenvalue weighted by Crippen LogP contribution is 2.39. The maximum atomic E-state index is 12.4. The first kappa shape index (κ1) is 22.5. The van der Waals surface area contributed by atoms with Crippen molar-refractivity contribution in [1.29, 1.82) is 0 Å². The lowest BCUT2D eigenvalue weighted by molar-refractivity contribution is 0.0218. The van der Waals surface area contributed by atoms with Crippen LogP contribution in [0.5, 0.6) is 0 Å². The number of thioether (sulfide) groups is 1. The van der Waals surface area contributed by atoms with Crippen molar-refractivity contribution in [2.24, 2.45) is 10.4 Å². The van der Waals surface area contributed by atoms with Crippen LogP contribution in [0.2, 0.25) is 0 Å². The zero-order valence-corrected chi connectivity index (χ0v) is 19.4. The topological polar surface area (TPSA) is 74.2 Å². The van der Waals surface area contributed by atoms with Crippen LogP contribution in [0, 0.1) is 5.41 Å². The van der Waals surface area contributed by atoms with Crippen molar-refractivity contribution >= 4 is 51.7 Å². The Bertz CT molecular complexity index is 576. The van der Waals surface area contributed by atoms with Gasteiger partial charge in [0.05, 0.1) is 5.75 Å². The Balaban J connectivity index is 0.00000243. The molecule has 0 aromatic heterocycles. The van der Waals surface area contributed by atoms with E-state index < -0.39 is 10.0 Å². The first-order valence-corrected chi connectivity index (χ1v) is 11.9. The number of guanidine groups is 1. The second-order valence-corrected chi connectivity index (χ2v) is 10.4. The minimum Gasteiger partial charge on any atom is -0.381 e. The van der Waals surface area contributed by atoms with Gasteiger partial charge in [0, 0.05) is 64.5 Å². The molecule has 0 saturated carbocycles. The molecule has 0 amide bonds. The minimum absolute atomic E-state index is 0. The molecule has 10 heteroatoms. The van der Waals surface area contributed by atoms with E-state index in [1.54, 1.807) is 11.4 Å². The maximum Gasteiger partial charge on any atom is 0.215 e. The van der Waals surface area contributed by atoms with E-state index in [9.17, 15) is 8.42 Å². The van der Waals surface area contributed by atoms with Crippen LogP contribution in [0.1, 0.15) is 19.3 Å². The highest BCUT2D eigenvalue weighted by molar-refractivity contribution is 14.0. The van der Waals surface area contributed by atoms with Gasteiger partial charge in [0.2, 0.25) is 10.0 Å². The Labute approximate surface area is 178 Å². The molecule has 1 N–H and O–H groups in total. The number of sulfonamides is 1. The molecule has 1 spiro atoms. The third-order valence-electron chi connectivity index (χ3n) is 5.51. The number of hydrogen-bond donors (Lipinski definition) is 1. The summed E-state index contributed by atoms with van der Waals surface area (Å²) < 4.78 is 32.0. The second-order valence-electron chi connectivity index (χ2n) is 7.09. The summed E-state index contributed by atoms with van der Waals surface area (Å²) in [6.45, 7) is 5.36. The van der Waals surface area contributed by atoms with Crippen LogP contribution < -0.4 is 5.32 Å². The Morgan fingerprint density at radius 3 is 2.54 bits per heavy atom. The standard InChI is InChI=1S/C16H30N4O3S2.HI/c1-17-15(19-6-2-16(14-19)3-9-23-10-4-16)18-5-13-25(21,22)20-7-11-24-12-8-20;/h2-14H2,1H3,(H,17,18);1H. The minimum atomic E-state index is -3.17. The number of rotatable bonds is 4. The predicted molar refractivity (Wildman–Crippen MR) is 118 cm³/mol. The molecule has 0 aromatic carbocycles. The molecule has 3 rings (SSSR count). The van der Waals surface area contributed by atoms with Crippen molar-refractivity contribution < 1.29 is 13.2 Å². The van der Waals surface area contributed by atoms with E-state index in [0.717, 1.165) is 56.6 Å². The monoisotopic (exact) mass is 518 g/mol. The van der Waals surface area contributed by atoms with Crippen molar-refractivity contribution in [3.8, 4) is 0 Å². The molecule has 3 aliphatic rings.